The molecule has 1 aliphatic heterocycles. The van der Waals surface area contributed by atoms with Gasteiger partial charge in [-0.2, -0.15) is 0 Å². The normalized spacial score (nSPS) is 17.8. The summed E-state index contributed by atoms with van der Waals surface area (Å²) in [7, 11) is 5.55. The lowest BCUT2D eigenvalue weighted by molar-refractivity contribution is -0.143. The number of rotatable bonds is 8. The van der Waals surface area contributed by atoms with Crippen LogP contribution >= 0.6 is 21.6 Å². The van der Waals surface area contributed by atoms with Crippen molar-refractivity contribution in [1.29, 1.82) is 0 Å². The Kier molecular flexibility index (Phi) is 8.93. The zero-order valence-electron chi connectivity index (χ0n) is 12.2. The fraction of sp³-hybridized carbons (Fsp3) is 0.846. The lowest BCUT2D eigenvalue weighted by atomic mass is 10.1. The molecule has 1 atom stereocenters. The first-order chi connectivity index (χ1) is 9.63. The van der Waals surface area contributed by atoms with Gasteiger partial charge in [-0.15, -0.1) is 0 Å². The lowest BCUT2D eigenvalue weighted by Gasteiger charge is -2.17. The van der Waals surface area contributed by atoms with E-state index >= 15 is 0 Å². The summed E-state index contributed by atoms with van der Waals surface area (Å²) in [6.07, 6.45) is 4.66. The minimum atomic E-state index is -0.374. The fourth-order valence-corrected chi connectivity index (χ4v) is 4.89. The van der Waals surface area contributed by atoms with Crippen molar-refractivity contribution in [3.05, 3.63) is 0 Å². The molecule has 0 aliphatic carbocycles. The largest absolute Gasteiger partial charge is 0.465 e. The molecule has 20 heavy (non-hydrogen) atoms. The molecular weight excluding hydrogens is 296 g/mol. The van der Waals surface area contributed by atoms with Gasteiger partial charge in [-0.3, -0.25) is 4.79 Å². The van der Waals surface area contributed by atoms with Crippen molar-refractivity contribution in [2.24, 2.45) is 0 Å². The highest BCUT2D eigenvalue weighted by Gasteiger charge is 2.16. The van der Waals surface area contributed by atoms with Gasteiger partial charge in [0.05, 0.1) is 6.61 Å². The number of hydrogen-bond donors (Lipinski definition) is 1. The van der Waals surface area contributed by atoms with Gasteiger partial charge in [0.1, 0.15) is 6.54 Å². The van der Waals surface area contributed by atoms with Gasteiger partial charge in [-0.25, -0.2) is 4.79 Å². The van der Waals surface area contributed by atoms with Crippen molar-refractivity contribution >= 4 is 33.6 Å². The van der Waals surface area contributed by atoms with E-state index in [-0.39, 0.29) is 18.5 Å². The highest BCUT2D eigenvalue weighted by atomic mass is 33.1. The van der Waals surface area contributed by atoms with E-state index in [2.05, 4.69) is 5.32 Å². The molecule has 1 aliphatic rings. The second-order valence-electron chi connectivity index (χ2n) is 4.72. The molecular formula is C13H24N2O3S2. The first-order valence-electron chi connectivity index (χ1n) is 7.06. The van der Waals surface area contributed by atoms with Gasteiger partial charge in [0.15, 0.2) is 0 Å². The Labute approximate surface area is 129 Å². The van der Waals surface area contributed by atoms with Gasteiger partial charge >= 0.3 is 12.0 Å². The van der Waals surface area contributed by atoms with E-state index in [4.69, 9.17) is 4.74 Å². The summed E-state index contributed by atoms with van der Waals surface area (Å²) in [5.74, 6) is 0.894. The SMILES string of the molecule is CCOC(=O)CN(C)C(=O)NCCCCC1CCSS1. The van der Waals surface area contributed by atoms with E-state index in [0.29, 0.717) is 13.2 Å². The van der Waals surface area contributed by atoms with Gasteiger partial charge < -0.3 is 15.0 Å². The third kappa shape index (κ3) is 7.28. The van der Waals surface area contributed by atoms with Gasteiger partial charge in [-0.05, 0) is 26.2 Å². The van der Waals surface area contributed by atoms with Crippen LogP contribution < -0.4 is 5.32 Å². The molecule has 7 heteroatoms. The average Bonchev–Trinajstić information content (AvgIpc) is 2.91. The summed E-state index contributed by atoms with van der Waals surface area (Å²) < 4.78 is 4.80. The Hall–Kier alpha value is -0.560. The number of nitrogens with one attached hydrogen (secondary N) is 1. The highest BCUT2D eigenvalue weighted by Crippen LogP contribution is 2.39. The van der Waals surface area contributed by atoms with Crippen LogP contribution in [0.5, 0.6) is 0 Å². The van der Waals surface area contributed by atoms with E-state index in [1.54, 1.807) is 14.0 Å². The predicted octanol–water partition coefficient (Wildman–Crippen LogP) is 2.51. The van der Waals surface area contributed by atoms with Crippen LogP contribution in [-0.4, -0.2) is 54.6 Å². The Bertz CT molecular complexity index is 310. The molecule has 1 N–H and O–H groups in total. The third-order valence-electron chi connectivity index (χ3n) is 2.97. The van der Waals surface area contributed by atoms with Gasteiger partial charge in [0.2, 0.25) is 0 Å². The van der Waals surface area contributed by atoms with Gasteiger partial charge in [-0.1, -0.05) is 28.0 Å². The van der Waals surface area contributed by atoms with Crippen molar-refractivity contribution in [3.63, 3.8) is 0 Å². The molecule has 2 amide bonds. The number of nitrogens with zero attached hydrogens (tertiary/aromatic N) is 1. The molecule has 116 valence electrons. The summed E-state index contributed by atoms with van der Waals surface area (Å²) in [4.78, 5) is 24.3. The average molecular weight is 320 g/mol. The number of amides is 2. The molecule has 1 saturated heterocycles. The molecule has 0 bridgehead atoms. The zero-order valence-corrected chi connectivity index (χ0v) is 13.9. The number of likely N-dealkylation sites (N-methyl/N-ethyl adjacent to an activating group) is 1. The monoisotopic (exact) mass is 320 g/mol. The van der Waals surface area contributed by atoms with Crippen molar-refractivity contribution < 1.29 is 14.3 Å². The summed E-state index contributed by atoms with van der Waals surface area (Å²) in [6.45, 7) is 2.75. The lowest BCUT2D eigenvalue weighted by Crippen LogP contribution is -2.40. The van der Waals surface area contributed by atoms with Gasteiger partial charge in [0.25, 0.3) is 0 Å². The predicted molar refractivity (Wildman–Crippen MR) is 85.0 cm³/mol. The minimum absolute atomic E-state index is 0.00435. The number of carbonyl (C=O) groups excluding carboxylic acids is 2. The maximum Gasteiger partial charge on any atom is 0.325 e. The van der Waals surface area contributed by atoms with Crippen LogP contribution in [0, 0.1) is 0 Å². The van der Waals surface area contributed by atoms with E-state index in [1.807, 2.05) is 21.6 Å². The number of urea groups is 1. The van der Waals surface area contributed by atoms with Gasteiger partial charge in [0, 0.05) is 24.6 Å². The zero-order chi connectivity index (χ0) is 14.8. The number of unbranched alkanes of at least 4 members (excludes halogenated alkanes) is 1. The molecule has 0 aromatic rings. The fourth-order valence-electron chi connectivity index (χ4n) is 1.86. The number of ether oxygens (including phenoxy) is 1. The molecule has 0 aromatic carbocycles. The molecule has 1 fully saturated rings. The Morgan fingerprint density at radius 2 is 2.20 bits per heavy atom. The molecule has 0 saturated carbocycles. The number of carbonyl (C=O) groups is 2. The van der Waals surface area contributed by atoms with Crippen LogP contribution in [0.4, 0.5) is 4.79 Å². The summed E-state index contributed by atoms with van der Waals surface area (Å²) in [6, 6.07) is -0.219. The molecule has 0 aromatic heterocycles. The minimum Gasteiger partial charge on any atom is -0.465 e. The Morgan fingerprint density at radius 1 is 1.40 bits per heavy atom. The van der Waals surface area contributed by atoms with Crippen molar-refractivity contribution in [1.82, 2.24) is 10.2 Å². The quantitative estimate of drug-likeness (QED) is 0.423. The van der Waals surface area contributed by atoms with Crippen molar-refractivity contribution in [3.8, 4) is 0 Å². The van der Waals surface area contributed by atoms with Crippen LogP contribution in [0.25, 0.3) is 0 Å². The molecule has 0 spiro atoms. The van der Waals surface area contributed by atoms with E-state index in [9.17, 15) is 9.59 Å². The summed E-state index contributed by atoms with van der Waals surface area (Å²) in [5, 5.41) is 3.62. The first kappa shape index (κ1) is 17.5. The van der Waals surface area contributed by atoms with Crippen LogP contribution in [-0.2, 0) is 9.53 Å². The summed E-state index contributed by atoms with van der Waals surface area (Å²) >= 11 is 0. The molecule has 1 unspecified atom stereocenters. The van der Waals surface area contributed by atoms with Crippen LogP contribution in [0.1, 0.15) is 32.6 Å². The molecule has 5 nitrogen and oxygen atoms in total. The Balaban J connectivity index is 2.02. The van der Waals surface area contributed by atoms with E-state index < -0.39 is 0 Å². The van der Waals surface area contributed by atoms with Crippen LogP contribution in [0.15, 0.2) is 0 Å². The van der Waals surface area contributed by atoms with Crippen molar-refractivity contribution in [2.45, 2.75) is 37.9 Å². The number of hydrogen-bond acceptors (Lipinski definition) is 5. The molecule has 1 heterocycles. The second kappa shape index (κ2) is 10.2. The summed E-state index contributed by atoms with van der Waals surface area (Å²) in [5.41, 5.74) is 0. The number of esters is 1. The topological polar surface area (TPSA) is 58.6 Å². The van der Waals surface area contributed by atoms with E-state index in [0.717, 1.165) is 18.1 Å². The molecule has 1 rings (SSSR count). The first-order valence-corrected chi connectivity index (χ1v) is 9.44. The third-order valence-corrected chi connectivity index (χ3v) is 5.98. The highest BCUT2D eigenvalue weighted by molar-refractivity contribution is 8.77. The van der Waals surface area contributed by atoms with Crippen molar-refractivity contribution in [2.75, 3.05) is 32.5 Å². The van der Waals surface area contributed by atoms with Crippen LogP contribution in [0.3, 0.4) is 0 Å². The molecule has 0 radical (unpaired) electrons. The smallest absolute Gasteiger partial charge is 0.325 e. The second-order valence-corrected chi connectivity index (χ2v) is 7.51. The maximum absolute atomic E-state index is 11.7. The van der Waals surface area contributed by atoms with E-state index in [1.165, 1.54) is 23.5 Å². The standard InChI is InChI=1S/C13H24N2O3S2/c1-3-18-12(16)10-15(2)13(17)14-8-5-4-6-11-7-9-19-20-11/h11H,3-10H2,1-2H3,(H,14,17). The Morgan fingerprint density at radius 3 is 2.85 bits per heavy atom. The van der Waals surface area contributed by atoms with Crippen LogP contribution in [0.2, 0.25) is 0 Å². The maximum atomic E-state index is 11.7.